The lowest BCUT2D eigenvalue weighted by atomic mass is 10.1. The molecule has 0 spiro atoms. The second-order valence-corrected chi connectivity index (χ2v) is 7.44. The summed E-state index contributed by atoms with van der Waals surface area (Å²) in [6.07, 6.45) is 0. The molecule has 0 fully saturated rings. The van der Waals surface area contributed by atoms with E-state index in [1.807, 2.05) is 6.07 Å². The zero-order chi connectivity index (χ0) is 23.5. The third-order valence-electron chi connectivity index (χ3n) is 5.05. The molecule has 3 aromatic carbocycles. The van der Waals surface area contributed by atoms with Gasteiger partial charge in [0.2, 0.25) is 5.75 Å². The molecule has 168 valence electrons. The Hall–Kier alpha value is -3.97. The minimum Gasteiger partial charge on any atom is -0.493 e. The number of anilines is 1. The van der Waals surface area contributed by atoms with Gasteiger partial charge < -0.3 is 23.9 Å². The van der Waals surface area contributed by atoms with Crippen LogP contribution in [-0.2, 0) is 0 Å². The quantitative estimate of drug-likeness (QED) is 0.410. The van der Waals surface area contributed by atoms with Gasteiger partial charge in [-0.15, -0.1) is 0 Å². The van der Waals surface area contributed by atoms with Crippen LogP contribution in [-0.4, -0.2) is 27.2 Å². The van der Waals surface area contributed by atoms with Crippen molar-refractivity contribution in [3.8, 4) is 28.6 Å². The zero-order valence-corrected chi connectivity index (χ0v) is 18.9. The predicted octanol–water partition coefficient (Wildman–Crippen LogP) is 5.39. The van der Waals surface area contributed by atoms with Gasteiger partial charge in [0.25, 0.3) is 5.91 Å². The van der Waals surface area contributed by atoms with Crippen LogP contribution in [0.15, 0.2) is 69.9 Å². The standard InChI is InChI=1S/C25H20ClNO6/c1-30-22-10-14(11-23(31-2)24(22)32-3)25(29)27-15-8-9-20-17(12-15)19(28)13-21(33-20)16-6-4-5-7-18(16)26/h4-13H,1-3H3,(H,27,29). The lowest BCUT2D eigenvalue weighted by molar-refractivity contribution is 0.102. The highest BCUT2D eigenvalue weighted by atomic mass is 35.5. The molecule has 0 saturated heterocycles. The molecule has 0 unspecified atom stereocenters. The predicted molar refractivity (Wildman–Crippen MR) is 127 cm³/mol. The summed E-state index contributed by atoms with van der Waals surface area (Å²) >= 11 is 6.23. The van der Waals surface area contributed by atoms with Crippen LogP contribution in [0.3, 0.4) is 0 Å². The Kier molecular flexibility index (Phi) is 6.24. The van der Waals surface area contributed by atoms with Gasteiger partial charge in [-0.25, -0.2) is 0 Å². The van der Waals surface area contributed by atoms with Gasteiger partial charge in [0, 0.05) is 22.9 Å². The van der Waals surface area contributed by atoms with Gasteiger partial charge in [-0.3, -0.25) is 9.59 Å². The Labute approximate surface area is 194 Å². The highest BCUT2D eigenvalue weighted by Gasteiger charge is 2.18. The molecule has 0 saturated carbocycles. The molecule has 1 heterocycles. The Bertz CT molecular complexity index is 1390. The average molecular weight is 466 g/mol. The molecule has 8 heteroatoms. The van der Waals surface area contributed by atoms with Gasteiger partial charge in [-0.2, -0.15) is 0 Å². The van der Waals surface area contributed by atoms with Gasteiger partial charge in [0.05, 0.1) is 31.7 Å². The van der Waals surface area contributed by atoms with Crippen LogP contribution in [0.5, 0.6) is 17.2 Å². The van der Waals surface area contributed by atoms with E-state index in [2.05, 4.69) is 5.32 Å². The fraction of sp³-hybridized carbons (Fsp3) is 0.120. The molecule has 1 N–H and O–H groups in total. The van der Waals surface area contributed by atoms with Crippen LogP contribution in [0.25, 0.3) is 22.3 Å². The lowest BCUT2D eigenvalue weighted by Crippen LogP contribution is -2.13. The van der Waals surface area contributed by atoms with E-state index >= 15 is 0 Å². The summed E-state index contributed by atoms with van der Waals surface area (Å²) in [7, 11) is 4.43. The van der Waals surface area contributed by atoms with Gasteiger partial charge in [-0.05, 0) is 42.5 Å². The van der Waals surface area contributed by atoms with Gasteiger partial charge >= 0.3 is 0 Å². The summed E-state index contributed by atoms with van der Waals surface area (Å²) in [4.78, 5) is 25.6. The molecule has 0 aliphatic carbocycles. The van der Waals surface area contributed by atoms with Crippen LogP contribution in [0.2, 0.25) is 5.02 Å². The second kappa shape index (κ2) is 9.26. The van der Waals surface area contributed by atoms with E-state index < -0.39 is 5.91 Å². The van der Waals surface area contributed by atoms with Crippen molar-refractivity contribution in [3.05, 3.63) is 81.5 Å². The number of ether oxygens (including phenoxy) is 3. The van der Waals surface area contributed by atoms with Crippen LogP contribution in [0.4, 0.5) is 5.69 Å². The van der Waals surface area contributed by atoms with Crippen molar-refractivity contribution in [2.45, 2.75) is 0 Å². The van der Waals surface area contributed by atoms with E-state index in [4.69, 9.17) is 30.2 Å². The van der Waals surface area contributed by atoms with Crippen LogP contribution in [0.1, 0.15) is 10.4 Å². The lowest BCUT2D eigenvalue weighted by Gasteiger charge is -2.14. The fourth-order valence-corrected chi connectivity index (χ4v) is 3.67. The molecule has 33 heavy (non-hydrogen) atoms. The van der Waals surface area contributed by atoms with Crippen molar-refractivity contribution in [1.82, 2.24) is 0 Å². The van der Waals surface area contributed by atoms with Gasteiger partial charge in [0.1, 0.15) is 11.3 Å². The van der Waals surface area contributed by atoms with Gasteiger partial charge in [-0.1, -0.05) is 23.7 Å². The smallest absolute Gasteiger partial charge is 0.255 e. The first-order valence-corrected chi connectivity index (χ1v) is 10.3. The molecule has 4 rings (SSSR count). The molecule has 0 bridgehead atoms. The third-order valence-corrected chi connectivity index (χ3v) is 5.38. The third kappa shape index (κ3) is 4.36. The van der Waals surface area contributed by atoms with Crippen molar-refractivity contribution >= 4 is 34.2 Å². The molecule has 4 aromatic rings. The van der Waals surface area contributed by atoms with E-state index in [0.717, 1.165) is 0 Å². The number of nitrogens with one attached hydrogen (secondary N) is 1. The first-order valence-electron chi connectivity index (χ1n) is 9.89. The molecular formula is C25H20ClNO6. The van der Waals surface area contributed by atoms with Crippen LogP contribution < -0.4 is 25.0 Å². The number of carbonyl (C=O) groups is 1. The Morgan fingerprint density at radius 2 is 1.61 bits per heavy atom. The summed E-state index contributed by atoms with van der Waals surface area (Å²) < 4.78 is 21.8. The number of halogens is 1. The molecule has 1 aromatic heterocycles. The molecule has 0 atom stereocenters. The maximum atomic E-state index is 12.9. The Balaban J connectivity index is 1.67. The second-order valence-electron chi connectivity index (χ2n) is 7.03. The van der Waals surface area contributed by atoms with Crippen molar-refractivity contribution in [1.29, 1.82) is 0 Å². The first-order chi connectivity index (χ1) is 15.9. The number of hydrogen-bond donors (Lipinski definition) is 1. The van der Waals surface area contributed by atoms with Crippen LogP contribution in [0, 0.1) is 0 Å². The largest absolute Gasteiger partial charge is 0.493 e. The van der Waals surface area contributed by atoms with E-state index in [0.29, 0.717) is 55.8 Å². The summed E-state index contributed by atoms with van der Waals surface area (Å²) in [5, 5.41) is 3.59. The highest BCUT2D eigenvalue weighted by Crippen LogP contribution is 2.38. The maximum Gasteiger partial charge on any atom is 0.255 e. The average Bonchev–Trinajstić information content (AvgIpc) is 2.83. The SMILES string of the molecule is COc1cc(C(=O)Nc2ccc3oc(-c4ccccc4Cl)cc(=O)c3c2)cc(OC)c1OC. The molecular weight excluding hydrogens is 446 g/mol. The van der Waals surface area contributed by atoms with Crippen LogP contribution >= 0.6 is 11.6 Å². The number of rotatable bonds is 6. The molecule has 0 aliphatic rings. The topological polar surface area (TPSA) is 87.0 Å². The summed E-state index contributed by atoms with van der Waals surface area (Å²) in [6, 6.07) is 16.4. The van der Waals surface area contributed by atoms with E-state index in [9.17, 15) is 9.59 Å². The molecule has 7 nitrogen and oxygen atoms in total. The number of carbonyl (C=O) groups excluding carboxylic acids is 1. The summed E-state index contributed by atoms with van der Waals surface area (Å²) in [6.45, 7) is 0. The minimum atomic E-state index is -0.411. The fourth-order valence-electron chi connectivity index (χ4n) is 3.44. The highest BCUT2D eigenvalue weighted by molar-refractivity contribution is 6.33. The van der Waals surface area contributed by atoms with Crippen molar-refractivity contribution in [2.75, 3.05) is 26.6 Å². The number of hydrogen-bond acceptors (Lipinski definition) is 6. The van der Waals surface area contributed by atoms with E-state index in [1.165, 1.54) is 27.4 Å². The number of fused-ring (bicyclic) bond motifs is 1. The van der Waals surface area contributed by atoms with Crippen molar-refractivity contribution in [3.63, 3.8) is 0 Å². The zero-order valence-electron chi connectivity index (χ0n) is 18.1. The number of benzene rings is 3. The Morgan fingerprint density at radius 1 is 0.909 bits per heavy atom. The van der Waals surface area contributed by atoms with E-state index in [-0.39, 0.29) is 5.43 Å². The van der Waals surface area contributed by atoms with Crippen molar-refractivity contribution < 1.29 is 23.4 Å². The van der Waals surface area contributed by atoms with Crippen molar-refractivity contribution in [2.24, 2.45) is 0 Å². The van der Waals surface area contributed by atoms with E-state index in [1.54, 1.807) is 48.5 Å². The monoisotopic (exact) mass is 465 g/mol. The number of methoxy groups -OCH3 is 3. The number of amides is 1. The normalized spacial score (nSPS) is 10.7. The molecule has 0 aliphatic heterocycles. The summed E-state index contributed by atoms with van der Waals surface area (Å²) in [5.74, 6) is 1.05. The van der Waals surface area contributed by atoms with Gasteiger partial charge in [0.15, 0.2) is 16.9 Å². The molecule has 0 radical (unpaired) electrons. The summed E-state index contributed by atoms with van der Waals surface area (Å²) in [5.41, 5.74) is 1.47. The maximum absolute atomic E-state index is 12.9. The first kappa shape index (κ1) is 22.2. The Morgan fingerprint density at radius 3 is 2.24 bits per heavy atom. The molecule has 1 amide bonds. The minimum absolute atomic E-state index is 0.255.